The summed E-state index contributed by atoms with van der Waals surface area (Å²) in [5.41, 5.74) is 18.3. The summed E-state index contributed by atoms with van der Waals surface area (Å²) in [5, 5.41) is 52.9. The molecular formula is C66H32N4. The van der Waals surface area contributed by atoms with Gasteiger partial charge >= 0.3 is 0 Å². The molecule has 0 aliphatic heterocycles. The van der Waals surface area contributed by atoms with Crippen molar-refractivity contribution in [3.8, 4) is 113 Å². The van der Waals surface area contributed by atoms with Crippen LogP contribution in [-0.4, -0.2) is 0 Å². The molecule has 0 spiro atoms. The van der Waals surface area contributed by atoms with Gasteiger partial charge in [0, 0.05) is 11.1 Å². The fourth-order valence-electron chi connectivity index (χ4n) is 11.8. The Hall–Kier alpha value is -10.1. The molecule has 2 aliphatic carbocycles. The second-order valence-electron chi connectivity index (χ2n) is 18.3. The van der Waals surface area contributed by atoms with Gasteiger partial charge in [0.25, 0.3) is 0 Å². The summed E-state index contributed by atoms with van der Waals surface area (Å²) in [7, 11) is 0. The average molecular weight is 881 g/mol. The molecule has 0 heterocycles. The second-order valence-corrected chi connectivity index (χ2v) is 18.3. The Kier molecular flexibility index (Phi) is 8.21. The van der Waals surface area contributed by atoms with Crippen LogP contribution < -0.4 is 0 Å². The van der Waals surface area contributed by atoms with E-state index in [1.807, 2.05) is 84.9 Å². The van der Waals surface area contributed by atoms with Gasteiger partial charge in [-0.15, -0.1) is 0 Å². The van der Waals surface area contributed by atoms with E-state index >= 15 is 0 Å². The topological polar surface area (TPSA) is 95.2 Å². The predicted molar refractivity (Wildman–Crippen MR) is 283 cm³/mol. The van der Waals surface area contributed by atoms with E-state index < -0.39 is 0 Å². The zero-order valence-electron chi connectivity index (χ0n) is 37.3. The van der Waals surface area contributed by atoms with Crippen molar-refractivity contribution in [3.05, 3.63) is 216 Å². The van der Waals surface area contributed by atoms with Gasteiger partial charge in [-0.1, -0.05) is 121 Å². The largest absolute Gasteiger partial charge is 0.192 e. The smallest absolute Gasteiger partial charge is 0.0998 e. The third kappa shape index (κ3) is 5.42. The standard InChI is InChI=1S/C66H32N4/c67-33-37-21-23-45(43-15-3-1-9-41(43)35-69)51(25-37)57-31-63-62-30-56-50-20-8-14-40-12-6-18-48(66(40)50)54(56)28-60(62)58(52-26-38(34-68)22-24-46(52)44-16-4-2-10-42(44)36-70)32-64(63)61-29-55-49-19-7-13-39-11-5-17-47(65(39)49)53(55)27-59(57)61/h1-32H. The molecule has 0 atom stereocenters. The van der Waals surface area contributed by atoms with Crippen molar-refractivity contribution >= 4 is 53.9 Å². The van der Waals surface area contributed by atoms with Crippen molar-refractivity contribution in [1.29, 1.82) is 21.0 Å². The Morgan fingerprint density at radius 3 is 0.900 bits per heavy atom. The van der Waals surface area contributed by atoms with Crippen LogP contribution in [0.15, 0.2) is 194 Å². The summed E-state index contributed by atoms with van der Waals surface area (Å²) in [6.07, 6.45) is 0. The van der Waals surface area contributed by atoms with Crippen molar-refractivity contribution in [1.82, 2.24) is 0 Å². The van der Waals surface area contributed by atoms with Crippen LogP contribution >= 0.6 is 0 Å². The van der Waals surface area contributed by atoms with Crippen LogP contribution in [0.3, 0.4) is 0 Å². The van der Waals surface area contributed by atoms with Gasteiger partial charge in [-0.05, 0) is 205 Å². The van der Waals surface area contributed by atoms with E-state index in [1.54, 1.807) is 0 Å². The summed E-state index contributed by atoms with van der Waals surface area (Å²) in [5.74, 6) is 0. The molecule has 14 rings (SSSR count). The van der Waals surface area contributed by atoms with Crippen LogP contribution in [-0.2, 0) is 0 Å². The lowest BCUT2D eigenvalue weighted by Crippen LogP contribution is -1.95. The molecule has 0 saturated heterocycles. The minimum absolute atomic E-state index is 0.520. The monoisotopic (exact) mass is 880 g/mol. The molecule has 0 amide bonds. The van der Waals surface area contributed by atoms with Crippen LogP contribution in [0.5, 0.6) is 0 Å². The van der Waals surface area contributed by atoms with Gasteiger partial charge < -0.3 is 0 Å². The first-order chi connectivity index (χ1) is 34.5. The first-order valence-corrected chi connectivity index (χ1v) is 23.2. The maximum absolute atomic E-state index is 10.5. The van der Waals surface area contributed by atoms with Gasteiger partial charge in [0.05, 0.1) is 46.5 Å². The number of hydrogen-bond acceptors (Lipinski definition) is 4. The Morgan fingerprint density at radius 2 is 0.529 bits per heavy atom. The molecule has 0 radical (unpaired) electrons. The van der Waals surface area contributed by atoms with Crippen molar-refractivity contribution in [2.75, 3.05) is 0 Å². The highest BCUT2D eigenvalue weighted by atomic mass is 14.3. The molecule has 70 heavy (non-hydrogen) atoms. The van der Waals surface area contributed by atoms with Crippen molar-refractivity contribution in [2.24, 2.45) is 0 Å². The van der Waals surface area contributed by atoms with Gasteiger partial charge in [0.2, 0.25) is 0 Å². The molecule has 4 heteroatoms. The first-order valence-electron chi connectivity index (χ1n) is 23.2. The third-order valence-corrected chi connectivity index (χ3v) is 14.9. The number of hydrogen-bond donors (Lipinski definition) is 0. The Morgan fingerprint density at radius 1 is 0.214 bits per heavy atom. The van der Waals surface area contributed by atoms with Gasteiger partial charge in [-0.25, -0.2) is 0 Å². The summed E-state index contributed by atoms with van der Waals surface area (Å²) >= 11 is 0. The molecule has 316 valence electrons. The fourth-order valence-corrected chi connectivity index (χ4v) is 11.8. The van der Waals surface area contributed by atoms with Crippen molar-refractivity contribution in [3.63, 3.8) is 0 Å². The minimum Gasteiger partial charge on any atom is -0.192 e. The van der Waals surface area contributed by atoms with Crippen molar-refractivity contribution < 1.29 is 0 Å². The average Bonchev–Trinajstić information content (AvgIpc) is 3.91. The molecule has 0 unspecified atom stereocenters. The van der Waals surface area contributed by atoms with Gasteiger partial charge in [0.15, 0.2) is 0 Å². The second kappa shape index (κ2) is 14.7. The van der Waals surface area contributed by atoms with E-state index in [0.29, 0.717) is 22.3 Å². The molecule has 2 aliphatic rings. The number of nitriles is 4. The van der Waals surface area contributed by atoms with E-state index in [9.17, 15) is 21.0 Å². The number of fused-ring (bicyclic) bond motifs is 11. The molecule has 0 bridgehead atoms. The highest BCUT2D eigenvalue weighted by molar-refractivity contribution is 6.29. The van der Waals surface area contributed by atoms with Crippen LogP contribution in [0.25, 0.3) is 143 Å². The van der Waals surface area contributed by atoms with Crippen LogP contribution in [0.2, 0.25) is 0 Å². The van der Waals surface area contributed by atoms with Crippen LogP contribution in [0.4, 0.5) is 0 Å². The predicted octanol–water partition coefficient (Wildman–Crippen LogP) is 16.9. The molecule has 12 aromatic rings. The minimum atomic E-state index is 0.520. The number of nitrogens with zero attached hydrogens (tertiary/aromatic N) is 4. The molecule has 0 N–H and O–H groups in total. The Bertz CT molecular complexity index is 4280. The molecular weight excluding hydrogens is 849 g/mol. The highest BCUT2D eigenvalue weighted by Crippen LogP contribution is 2.55. The zero-order chi connectivity index (χ0) is 46.8. The molecule has 4 nitrogen and oxygen atoms in total. The lowest BCUT2D eigenvalue weighted by Gasteiger charge is -2.21. The van der Waals surface area contributed by atoms with Gasteiger partial charge in [0.1, 0.15) is 0 Å². The van der Waals surface area contributed by atoms with Crippen LogP contribution in [0.1, 0.15) is 22.3 Å². The van der Waals surface area contributed by atoms with E-state index in [0.717, 1.165) is 99.1 Å². The van der Waals surface area contributed by atoms with E-state index in [-0.39, 0.29) is 0 Å². The van der Waals surface area contributed by atoms with Crippen LogP contribution in [0, 0.1) is 45.3 Å². The lowest BCUT2D eigenvalue weighted by atomic mass is 9.82. The fraction of sp³-hybridized carbons (Fsp3) is 0. The maximum atomic E-state index is 10.5. The zero-order valence-corrected chi connectivity index (χ0v) is 37.3. The quantitative estimate of drug-likeness (QED) is 0.165. The molecule has 0 saturated carbocycles. The number of rotatable bonds is 4. The first kappa shape index (κ1) is 39.1. The van der Waals surface area contributed by atoms with E-state index in [1.165, 1.54) is 43.8 Å². The summed E-state index contributed by atoms with van der Waals surface area (Å²) in [6.45, 7) is 0. The molecule has 0 aromatic heterocycles. The summed E-state index contributed by atoms with van der Waals surface area (Å²) in [6, 6.07) is 76.8. The van der Waals surface area contributed by atoms with Crippen molar-refractivity contribution in [2.45, 2.75) is 0 Å². The number of benzene rings is 12. The van der Waals surface area contributed by atoms with E-state index in [4.69, 9.17) is 0 Å². The maximum Gasteiger partial charge on any atom is 0.0998 e. The van der Waals surface area contributed by atoms with Gasteiger partial charge in [-0.3, -0.25) is 0 Å². The SMILES string of the molecule is N#Cc1ccc(-c2ccccc2C#N)c(-c2cc3c4cc5c(cc4c(-c4cc(C#N)ccc4-c4ccccc4C#N)cc3c3cc4c(cc23)-c2cccc3cccc-4c23)-c2cccc3cccc-5c23)c1. The van der Waals surface area contributed by atoms with E-state index in [2.05, 4.69) is 133 Å². The molecule has 12 aromatic carbocycles. The summed E-state index contributed by atoms with van der Waals surface area (Å²) in [4.78, 5) is 0. The normalized spacial score (nSPS) is 11.7. The van der Waals surface area contributed by atoms with Gasteiger partial charge in [-0.2, -0.15) is 21.0 Å². The summed E-state index contributed by atoms with van der Waals surface area (Å²) < 4.78 is 0. The third-order valence-electron chi connectivity index (χ3n) is 14.9. The molecule has 0 fully saturated rings. The Labute approximate surface area is 402 Å². The lowest BCUT2D eigenvalue weighted by molar-refractivity contribution is 1.46. The Balaban J connectivity index is 1.20. The highest BCUT2D eigenvalue weighted by Gasteiger charge is 2.28.